The number of aromatic nitrogens is 1. The first kappa shape index (κ1) is 24.1. The van der Waals surface area contributed by atoms with Crippen LogP contribution in [-0.2, 0) is 17.3 Å². The van der Waals surface area contributed by atoms with E-state index in [1.54, 1.807) is 0 Å². The first-order valence-electron chi connectivity index (χ1n) is 9.68. The van der Waals surface area contributed by atoms with E-state index in [2.05, 4.69) is 20.6 Å². The molecule has 0 saturated heterocycles. The maximum atomic E-state index is 12.6. The maximum absolute atomic E-state index is 12.6. The number of nitrogens with one attached hydrogen (secondary N) is 2. The highest BCUT2D eigenvalue weighted by molar-refractivity contribution is 7.09. The summed E-state index contributed by atoms with van der Waals surface area (Å²) < 4.78 is 43.5. The van der Waals surface area contributed by atoms with Crippen LogP contribution in [-0.4, -0.2) is 48.4 Å². The number of ether oxygens (including phenoxy) is 1. The minimum Gasteiger partial charge on any atom is -0.389 e. The lowest BCUT2D eigenvalue weighted by atomic mass is 10.1. The number of halogens is 3. The van der Waals surface area contributed by atoms with Crippen molar-refractivity contribution in [2.75, 3.05) is 26.2 Å². The third kappa shape index (κ3) is 8.29. The van der Waals surface area contributed by atoms with Crippen LogP contribution in [0.4, 0.5) is 13.2 Å². The lowest BCUT2D eigenvalue weighted by Crippen LogP contribution is -2.39. The molecule has 1 aromatic heterocycles. The highest BCUT2D eigenvalue weighted by atomic mass is 32.1. The molecule has 0 saturated carbocycles. The molecule has 0 amide bonds. The smallest absolute Gasteiger partial charge is 0.389 e. The van der Waals surface area contributed by atoms with Crippen LogP contribution in [0.15, 0.2) is 40.7 Å². The average Bonchev–Trinajstić information content (AvgIpc) is 3.20. The topological polar surface area (TPSA) is 78.8 Å². The Morgan fingerprint density at radius 3 is 2.63 bits per heavy atom. The molecule has 0 fully saturated rings. The van der Waals surface area contributed by atoms with Gasteiger partial charge in [-0.15, -0.1) is 11.3 Å². The van der Waals surface area contributed by atoms with Crippen molar-refractivity contribution < 1.29 is 23.0 Å². The van der Waals surface area contributed by atoms with Crippen molar-refractivity contribution in [1.82, 2.24) is 15.6 Å². The number of aliphatic imine (C=N–C) groups is 1. The lowest BCUT2D eigenvalue weighted by molar-refractivity contribution is -0.140. The van der Waals surface area contributed by atoms with Gasteiger partial charge >= 0.3 is 6.18 Å². The molecule has 0 aliphatic rings. The van der Waals surface area contributed by atoms with Gasteiger partial charge in [-0.25, -0.2) is 4.98 Å². The van der Waals surface area contributed by atoms with E-state index in [1.807, 2.05) is 44.2 Å². The van der Waals surface area contributed by atoms with Gasteiger partial charge in [0.2, 0.25) is 0 Å². The van der Waals surface area contributed by atoms with Crippen LogP contribution in [0.2, 0.25) is 0 Å². The zero-order valence-electron chi connectivity index (χ0n) is 16.9. The number of alkyl halides is 3. The van der Waals surface area contributed by atoms with E-state index in [9.17, 15) is 18.3 Å². The van der Waals surface area contributed by atoms with Gasteiger partial charge in [-0.3, -0.25) is 4.99 Å². The zero-order chi connectivity index (χ0) is 22.0. The van der Waals surface area contributed by atoms with E-state index in [0.29, 0.717) is 30.5 Å². The van der Waals surface area contributed by atoms with Crippen LogP contribution in [0.3, 0.4) is 0 Å². The predicted octanol–water partition coefficient (Wildman–Crippen LogP) is 3.40. The van der Waals surface area contributed by atoms with Gasteiger partial charge in [0.1, 0.15) is 0 Å². The number of nitrogens with zero attached hydrogens (tertiary/aromatic N) is 2. The predicted molar refractivity (Wildman–Crippen MR) is 112 cm³/mol. The first-order chi connectivity index (χ1) is 14.3. The Morgan fingerprint density at radius 2 is 2.00 bits per heavy atom. The normalized spacial score (nSPS) is 14.4. The van der Waals surface area contributed by atoms with Crippen molar-refractivity contribution in [2.24, 2.45) is 4.99 Å². The highest BCUT2D eigenvalue weighted by Gasteiger charge is 2.33. The molecular weight excluding hydrogens is 417 g/mol. The quantitative estimate of drug-likeness (QED) is 0.387. The van der Waals surface area contributed by atoms with Gasteiger partial charge in [-0.2, -0.15) is 13.2 Å². The molecule has 6 nitrogen and oxygen atoms in total. The number of benzene rings is 1. The number of aliphatic hydroxyl groups excluding tert-OH is 1. The molecule has 10 heteroatoms. The summed E-state index contributed by atoms with van der Waals surface area (Å²) in [7, 11) is 0. The average molecular weight is 445 g/mol. The Labute approximate surface area is 178 Å². The fraction of sp³-hybridized carbons (Fsp3) is 0.500. The van der Waals surface area contributed by atoms with Gasteiger partial charge in [-0.05, 0) is 19.4 Å². The van der Waals surface area contributed by atoms with E-state index >= 15 is 0 Å². The fourth-order valence-corrected chi connectivity index (χ4v) is 3.32. The number of hydrogen-bond acceptors (Lipinski definition) is 5. The van der Waals surface area contributed by atoms with Crippen molar-refractivity contribution in [3.8, 4) is 0 Å². The van der Waals surface area contributed by atoms with Crippen molar-refractivity contribution >= 4 is 17.3 Å². The molecule has 0 spiro atoms. The second-order valence-corrected chi connectivity index (χ2v) is 7.50. The lowest BCUT2D eigenvalue weighted by Gasteiger charge is -2.16. The summed E-state index contributed by atoms with van der Waals surface area (Å²) in [5.74, 6) is 0.472. The molecule has 2 atom stereocenters. The number of guanidine groups is 1. The number of thiazole rings is 1. The molecule has 1 aromatic carbocycles. The van der Waals surface area contributed by atoms with E-state index in [4.69, 9.17) is 4.74 Å². The van der Waals surface area contributed by atoms with Crippen molar-refractivity contribution in [2.45, 2.75) is 38.7 Å². The van der Waals surface area contributed by atoms with Gasteiger partial charge in [0, 0.05) is 24.9 Å². The Kier molecular flexibility index (Phi) is 9.54. The molecular formula is C20H27F3N4O2S. The van der Waals surface area contributed by atoms with Crippen LogP contribution in [0, 0.1) is 0 Å². The van der Waals surface area contributed by atoms with Crippen molar-refractivity contribution in [3.63, 3.8) is 0 Å². The summed E-state index contributed by atoms with van der Waals surface area (Å²) in [6.45, 7) is 5.06. The first-order valence-corrected chi connectivity index (χ1v) is 10.6. The Balaban J connectivity index is 1.76. The number of rotatable bonds is 10. The largest absolute Gasteiger partial charge is 0.434 e. The summed E-state index contributed by atoms with van der Waals surface area (Å²) in [5.41, 5.74) is 0.162. The van der Waals surface area contributed by atoms with E-state index in [1.165, 1.54) is 0 Å². The maximum Gasteiger partial charge on any atom is 0.434 e. The van der Waals surface area contributed by atoms with Gasteiger partial charge in [-0.1, -0.05) is 30.3 Å². The molecule has 3 N–H and O–H groups in total. The zero-order valence-corrected chi connectivity index (χ0v) is 17.8. The second-order valence-electron chi connectivity index (χ2n) is 6.56. The molecule has 2 rings (SSSR count). The third-order valence-electron chi connectivity index (χ3n) is 4.09. The summed E-state index contributed by atoms with van der Waals surface area (Å²) in [6.07, 6.45) is -5.00. The molecule has 1 heterocycles. The summed E-state index contributed by atoms with van der Waals surface area (Å²) >= 11 is 0.979. The second kappa shape index (κ2) is 11.9. The summed E-state index contributed by atoms with van der Waals surface area (Å²) in [6, 6.07) is 9.71. The van der Waals surface area contributed by atoms with Gasteiger partial charge in [0.05, 0.1) is 30.4 Å². The van der Waals surface area contributed by atoms with E-state index < -0.39 is 18.0 Å². The molecule has 0 aliphatic heterocycles. The molecule has 0 bridgehead atoms. The standard InChI is InChI=1S/C20H27F3N4O2S/c1-3-24-19(25-10-9-18-27-17(13-30-18)20(21,22)23)26-11-16(28)12-29-14(2)15-7-5-4-6-8-15/h4-8,13-14,16,28H,3,9-12H2,1-2H3,(H2,24,25,26). The molecule has 0 radical (unpaired) electrons. The SMILES string of the molecule is CCNC(=NCC(O)COC(C)c1ccccc1)NCCc1nc(C(F)(F)F)cs1. The van der Waals surface area contributed by atoms with Gasteiger partial charge in [0.25, 0.3) is 0 Å². The number of aliphatic hydroxyl groups is 1. The van der Waals surface area contributed by atoms with E-state index in [-0.39, 0.29) is 19.3 Å². The summed E-state index contributed by atoms with van der Waals surface area (Å²) in [4.78, 5) is 7.91. The Hall–Kier alpha value is -2.17. The Morgan fingerprint density at radius 1 is 1.27 bits per heavy atom. The monoisotopic (exact) mass is 444 g/mol. The van der Waals surface area contributed by atoms with Crippen LogP contribution in [0.25, 0.3) is 0 Å². The minimum atomic E-state index is -4.42. The van der Waals surface area contributed by atoms with Crippen molar-refractivity contribution in [1.29, 1.82) is 0 Å². The fourth-order valence-electron chi connectivity index (χ4n) is 2.51. The van der Waals surface area contributed by atoms with E-state index in [0.717, 1.165) is 22.3 Å². The molecule has 2 aromatic rings. The van der Waals surface area contributed by atoms with Crippen LogP contribution >= 0.6 is 11.3 Å². The van der Waals surface area contributed by atoms with Crippen LogP contribution < -0.4 is 10.6 Å². The number of hydrogen-bond donors (Lipinski definition) is 3. The molecule has 2 unspecified atom stereocenters. The Bertz CT molecular complexity index is 784. The molecule has 30 heavy (non-hydrogen) atoms. The highest BCUT2D eigenvalue weighted by Crippen LogP contribution is 2.30. The summed E-state index contributed by atoms with van der Waals surface area (Å²) in [5, 5.41) is 17.6. The van der Waals surface area contributed by atoms with Gasteiger partial charge < -0.3 is 20.5 Å². The molecule has 0 aliphatic carbocycles. The van der Waals surface area contributed by atoms with Gasteiger partial charge in [0.15, 0.2) is 11.7 Å². The molecule has 166 valence electrons. The van der Waals surface area contributed by atoms with Crippen LogP contribution in [0.1, 0.15) is 36.2 Å². The van der Waals surface area contributed by atoms with Crippen molar-refractivity contribution in [3.05, 3.63) is 52.0 Å². The minimum absolute atomic E-state index is 0.131. The van der Waals surface area contributed by atoms with Crippen LogP contribution in [0.5, 0.6) is 0 Å². The third-order valence-corrected chi connectivity index (χ3v) is 4.99.